The number of aromatic nitrogens is 4. The number of azo groups is 2. The predicted octanol–water partition coefficient (Wildman–Crippen LogP) is 10.4. The van der Waals surface area contributed by atoms with Crippen molar-refractivity contribution in [3.8, 4) is 34.8 Å². The van der Waals surface area contributed by atoms with E-state index in [1.165, 1.54) is 5.57 Å². The maximum atomic E-state index is 12.4. The van der Waals surface area contributed by atoms with Crippen LogP contribution in [0.5, 0.6) is 34.8 Å². The van der Waals surface area contributed by atoms with Gasteiger partial charge in [-0.3, -0.25) is 39.8 Å². The number of hydrogen-bond donors (Lipinski definition) is 9. The molecular weight excluding hydrogens is 1160 g/mol. The van der Waals surface area contributed by atoms with Crippen molar-refractivity contribution >= 4 is 87.4 Å². The van der Waals surface area contributed by atoms with E-state index in [0.29, 0.717) is 5.56 Å². The number of benzene rings is 5. The fourth-order valence-electron chi connectivity index (χ4n) is 9.66. The third-order valence-electron chi connectivity index (χ3n) is 13.3. The van der Waals surface area contributed by atoms with Crippen LogP contribution in [-0.2, 0) is 16.8 Å². The summed E-state index contributed by atoms with van der Waals surface area (Å²) in [6.07, 6.45) is 6.73. The van der Waals surface area contributed by atoms with Gasteiger partial charge in [0.15, 0.2) is 15.1 Å². The number of phenolic OH excluding ortho intramolecular Hbond substituents is 2. The standard InChI is InChI=1S/C35H36N2O3.2C10H7N5O5S.Co/c1-8-36-28-18-30-26(16-22(28)14-15-34(36,4)5)32(23-12-10-11-13-24(23)33(38)39)27-17-25-21(3)20-35(6,7)37(9-2)29(25)19-31(27)40-30;2*16-6-3-4(15(19)20)1-2-5(6)13-14-7-8(17)11-10(21)12-9(7)18;/h10-20H,8-9H2,1-7H3;2*1-3,16H,(H3,11,12,17,18,21);/p+1. The second kappa shape index (κ2) is 24.1. The molecule has 3 aliphatic heterocycles. The largest absolute Gasteiger partial charge is 0.505 e. The molecule has 10 rings (SSSR count). The molecule has 1 radical (unpaired) electrons. The summed E-state index contributed by atoms with van der Waals surface area (Å²) >= 11 is 9.27. The van der Waals surface area contributed by atoms with Crippen molar-refractivity contribution in [2.45, 2.75) is 59.5 Å². The number of phenols is 2. The Morgan fingerprint density at radius 3 is 1.75 bits per heavy atom. The van der Waals surface area contributed by atoms with E-state index < -0.39 is 61.6 Å². The molecule has 2 aromatic heterocycles. The van der Waals surface area contributed by atoms with Crippen molar-refractivity contribution in [1.82, 2.24) is 24.5 Å². The molecule has 0 unspecified atom stereocenters. The minimum atomic E-state index is -0.942. The molecule has 0 amide bonds. The Labute approximate surface area is 489 Å². The van der Waals surface area contributed by atoms with Gasteiger partial charge >= 0.3 is 5.97 Å². The molecule has 0 atom stereocenters. The number of nitrogens with one attached hydrogen (secondary N) is 4. The number of nitrogens with zero attached hydrogens (tertiary/aromatic N) is 8. The second-order valence-electron chi connectivity index (χ2n) is 19.5. The Hall–Kier alpha value is -9.77. The molecule has 5 aromatic carbocycles. The fraction of sp³-hybridized carbons (Fsp3) is 0.200. The van der Waals surface area contributed by atoms with Gasteiger partial charge in [-0.2, -0.15) is 0 Å². The maximum absolute atomic E-state index is 12.4. The van der Waals surface area contributed by atoms with Gasteiger partial charge in [-0.15, -0.1) is 20.5 Å². The van der Waals surface area contributed by atoms with Crippen LogP contribution in [0.15, 0.2) is 127 Å². The zero-order chi connectivity index (χ0) is 59.7. The van der Waals surface area contributed by atoms with Crippen LogP contribution >= 0.6 is 24.4 Å². The van der Waals surface area contributed by atoms with Crippen LogP contribution in [0, 0.1) is 29.8 Å². The molecular formula is C55H51CoN12O13S2+. The number of aromatic hydroxyl groups is 4. The molecule has 0 fully saturated rings. The van der Waals surface area contributed by atoms with Crippen LogP contribution in [0.1, 0.15) is 81.1 Å². The van der Waals surface area contributed by atoms with Crippen molar-refractivity contribution in [3.05, 3.63) is 186 Å². The smallest absolute Gasteiger partial charge is 0.336 e. The van der Waals surface area contributed by atoms with E-state index in [1.54, 1.807) is 12.1 Å². The zero-order valence-electron chi connectivity index (χ0n) is 45.0. The van der Waals surface area contributed by atoms with Gasteiger partial charge in [0.1, 0.15) is 40.9 Å². The Kier molecular flexibility index (Phi) is 17.7. The number of non-ortho nitro benzene ring substituents is 2. The van der Waals surface area contributed by atoms with Crippen LogP contribution in [0.3, 0.4) is 0 Å². The second-order valence-corrected chi connectivity index (χ2v) is 20.3. The summed E-state index contributed by atoms with van der Waals surface area (Å²) in [5.74, 6) is -1.61. The van der Waals surface area contributed by atoms with E-state index in [1.807, 2.05) is 12.1 Å². The van der Waals surface area contributed by atoms with Crippen molar-refractivity contribution < 1.29 is 61.7 Å². The summed E-state index contributed by atoms with van der Waals surface area (Å²) in [5, 5.41) is 85.4. The monoisotopic (exact) mass is 1210 g/mol. The maximum Gasteiger partial charge on any atom is 0.336 e. The zero-order valence-corrected chi connectivity index (χ0v) is 47.6. The number of fused-ring (bicyclic) bond motifs is 4. The quantitative estimate of drug-likeness (QED) is 0.0202. The topological polar surface area (TPSA) is 367 Å². The molecule has 7 aromatic rings. The summed E-state index contributed by atoms with van der Waals surface area (Å²) in [6, 6.07) is 22.2. The van der Waals surface area contributed by atoms with Gasteiger partial charge in [0.2, 0.25) is 28.5 Å². The normalized spacial score (nSPS) is 14.1. The van der Waals surface area contributed by atoms with Crippen LogP contribution in [-0.4, -0.2) is 85.5 Å². The number of nitro benzene ring substituents is 2. The van der Waals surface area contributed by atoms with Crippen LogP contribution in [0.25, 0.3) is 17.2 Å². The number of carboxylic acids is 1. The summed E-state index contributed by atoms with van der Waals surface area (Å²) < 4.78 is 8.96. The fourth-order valence-corrected chi connectivity index (χ4v) is 10.0. The summed E-state index contributed by atoms with van der Waals surface area (Å²) in [5.41, 5.74) is 3.81. The molecule has 25 nitrogen and oxygen atoms in total. The first-order chi connectivity index (χ1) is 38.7. The minimum absolute atomic E-state index is 0. The number of carboxylic acid groups (broad SMARTS) is 1. The molecule has 0 aliphatic carbocycles. The number of H-pyrrole nitrogens is 4. The van der Waals surface area contributed by atoms with E-state index >= 15 is 0 Å². The third kappa shape index (κ3) is 12.6. The van der Waals surface area contributed by atoms with E-state index in [4.69, 9.17) is 4.74 Å². The number of likely N-dealkylation sites (N-methyl/N-ethyl adjacent to an activating group) is 2. The van der Waals surface area contributed by atoms with Gasteiger partial charge < -0.3 is 45.1 Å². The van der Waals surface area contributed by atoms with Crippen LogP contribution in [0.4, 0.5) is 39.8 Å². The van der Waals surface area contributed by atoms with E-state index in [2.05, 4.69) is 165 Å². The van der Waals surface area contributed by atoms with Crippen LogP contribution in [0.2, 0.25) is 0 Å². The summed E-state index contributed by atoms with van der Waals surface area (Å²) in [7, 11) is 0. The molecule has 429 valence electrons. The first-order valence-corrected chi connectivity index (χ1v) is 25.6. The Bertz CT molecular complexity index is 4210. The molecule has 28 heteroatoms. The van der Waals surface area contributed by atoms with E-state index in [0.717, 1.165) is 99.5 Å². The molecule has 9 N–H and O–H groups in total. The summed E-state index contributed by atoms with van der Waals surface area (Å²) in [4.78, 5) is 66.4. The average Bonchev–Trinajstić information content (AvgIpc) is 3.42. The number of carbonyl (C=O) groups is 1. The first-order valence-electron chi connectivity index (χ1n) is 24.8. The number of anilines is 1. The predicted molar refractivity (Wildman–Crippen MR) is 309 cm³/mol. The molecule has 0 saturated heterocycles. The average molecular weight is 1210 g/mol. The van der Waals surface area contributed by atoms with Gasteiger partial charge in [0, 0.05) is 88.5 Å². The number of aromatic carboxylic acids is 1. The van der Waals surface area contributed by atoms with Crippen molar-refractivity contribution in [2.24, 2.45) is 20.5 Å². The Balaban J connectivity index is 0.000000195. The molecule has 83 heavy (non-hydrogen) atoms. The minimum Gasteiger partial charge on any atom is -0.505 e. The molecule has 5 heterocycles. The van der Waals surface area contributed by atoms with Crippen molar-refractivity contribution in [2.75, 3.05) is 18.0 Å². The number of rotatable bonds is 10. The van der Waals surface area contributed by atoms with Gasteiger partial charge in [-0.1, -0.05) is 24.3 Å². The van der Waals surface area contributed by atoms with Crippen molar-refractivity contribution in [1.29, 1.82) is 0 Å². The third-order valence-corrected chi connectivity index (χ3v) is 13.7. The van der Waals surface area contributed by atoms with E-state index in [-0.39, 0.29) is 65.7 Å². The van der Waals surface area contributed by atoms with Crippen molar-refractivity contribution in [3.63, 3.8) is 0 Å². The van der Waals surface area contributed by atoms with Gasteiger partial charge in [-0.25, -0.2) is 9.37 Å². The number of ether oxygens (including phenoxy) is 1. The molecule has 0 bridgehead atoms. The van der Waals surface area contributed by atoms with Gasteiger partial charge in [0.05, 0.1) is 39.1 Å². The first kappa shape index (κ1) is 60.9. The summed E-state index contributed by atoms with van der Waals surface area (Å²) in [6.45, 7) is 17.1. The Morgan fingerprint density at radius 1 is 0.723 bits per heavy atom. The van der Waals surface area contributed by atoms with Gasteiger partial charge in [0.25, 0.3) is 22.5 Å². The van der Waals surface area contributed by atoms with Crippen LogP contribution < -0.4 is 35.9 Å². The SMILES string of the molecule is CCN1c2cc3c(cc2C(C)=CC1(C)C)C(c1ccccc1C(=O)O)=c1cc2c(cc1O3)=[N+](CC)C(C)(C)C=C2.O=c1[nH]c(=S)[nH]c(O)c1N=Nc1ccc([N+](=O)[O-])cc1O.O=c1[nH]c(=S)[nH]c(O)c1N=Nc1ccc([N+](=O)[O-])cc1O.[Co]. The molecule has 0 spiro atoms. The van der Waals surface area contributed by atoms with Gasteiger partial charge in [-0.05, 0) is 113 Å². The number of allylic oxidation sites excluding steroid dienone is 1. The number of nitro groups is 2. The Morgan fingerprint density at radius 2 is 1.27 bits per heavy atom. The molecule has 0 saturated carbocycles. The van der Waals surface area contributed by atoms with E-state index in [9.17, 15) is 60.1 Å². The number of aromatic amines is 4. The molecule has 3 aliphatic rings. The number of hydrogen-bond acceptors (Lipinski definition) is 19.